The summed E-state index contributed by atoms with van der Waals surface area (Å²) in [4.78, 5) is 15.9. The molecule has 1 heterocycles. The SMILES string of the molecule is CC(=O)N1CCN(C(c2ccccc2)c2ccc(Cl)cc2)CC1.Cl. The van der Waals surface area contributed by atoms with Crippen LogP contribution in [0.5, 0.6) is 0 Å². The first kappa shape index (κ1) is 18.8. The summed E-state index contributed by atoms with van der Waals surface area (Å²) < 4.78 is 0. The summed E-state index contributed by atoms with van der Waals surface area (Å²) in [5.74, 6) is 0.160. The lowest BCUT2D eigenvalue weighted by molar-refractivity contribution is -0.130. The van der Waals surface area contributed by atoms with E-state index in [0.717, 1.165) is 31.2 Å². The molecule has 0 radical (unpaired) electrons. The van der Waals surface area contributed by atoms with E-state index in [-0.39, 0.29) is 24.4 Å². The molecule has 3 nitrogen and oxygen atoms in total. The van der Waals surface area contributed by atoms with E-state index in [0.29, 0.717) is 0 Å². The first-order valence-corrected chi connectivity index (χ1v) is 8.33. The van der Waals surface area contributed by atoms with E-state index in [4.69, 9.17) is 11.6 Å². The van der Waals surface area contributed by atoms with Crippen molar-refractivity contribution in [3.63, 3.8) is 0 Å². The minimum Gasteiger partial charge on any atom is -0.340 e. The first-order valence-electron chi connectivity index (χ1n) is 7.95. The Labute approximate surface area is 154 Å². The van der Waals surface area contributed by atoms with Gasteiger partial charge in [0.05, 0.1) is 6.04 Å². The zero-order valence-corrected chi connectivity index (χ0v) is 15.3. The summed E-state index contributed by atoms with van der Waals surface area (Å²) in [5, 5.41) is 0.752. The second kappa shape index (κ2) is 8.52. The second-order valence-electron chi connectivity index (χ2n) is 5.91. The minimum absolute atomic E-state index is 0. The topological polar surface area (TPSA) is 23.6 Å². The molecule has 2 aromatic carbocycles. The number of halogens is 2. The van der Waals surface area contributed by atoms with Crippen LogP contribution in [0, 0.1) is 0 Å². The van der Waals surface area contributed by atoms with Gasteiger partial charge in [-0.15, -0.1) is 12.4 Å². The fourth-order valence-corrected chi connectivity index (χ4v) is 3.32. The third-order valence-electron chi connectivity index (χ3n) is 4.43. The molecule has 24 heavy (non-hydrogen) atoms. The molecule has 5 heteroatoms. The predicted octanol–water partition coefficient (Wildman–Crippen LogP) is 4.02. The van der Waals surface area contributed by atoms with E-state index >= 15 is 0 Å². The van der Waals surface area contributed by atoms with Crippen LogP contribution < -0.4 is 0 Å². The number of rotatable bonds is 3. The maximum absolute atomic E-state index is 11.5. The van der Waals surface area contributed by atoms with Gasteiger partial charge in [0.25, 0.3) is 0 Å². The van der Waals surface area contributed by atoms with Gasteiger partial charge in [-0.25, -0.2) is 0 Å². The normalized spacial score (nSPS) is 16.3. The van der Waals surface area contributed by atoms with Crippen LogP contribution in [0.4, 0.5) is 0 Å². The third-order valence-corrected chi connectivity index (χ3v) is 4.68. The fraction of sp³-hybridized carbons (Fsp3) is 0.316. The Morgan fingerprint density at radius 1 is 0.917 bits per heavy atom. The Bertz CT molecular complexity index is 653. The van der Waals surface area contributed by atoms with E-state index in [9.17, 15) is 4.79 Å². The monoisotopic (exact) mass is 364 g/mol. The Kier molecular flexibility index (Phi) is 6.67. The Balaban J connectivity index is 0.00000208. The third kappa shape index (κ3) is 4.29. The molecular formula is C19H22Cl2N2O. The maximum Gasteiger partial charge on any atom is 0.219 e. The molecule has 3 rings (SSSR count). The molecule has 0 aliphatic carbocycles. The molecule has 1 fully saturated rings. The molecular weight excluding hydrogens is 343 g/mol. The zero-order chi connectivity index (χ0) is 16.2. The van der Waals surface area contributed by atoms with E-state index in [1.54, 1.807) is 6.92 Å². The van der Waals surface area contributed by atoms with Gasteiger partial charge in [0.15, 0.2) is 0 Å². The van der Waals surface area contributed by atoms with E-state index in [1.165, 1.54) is 11.1 Å². The number of hydrogen-bond acceptors (Lipinski definition) is 2. The molecule has 0 N–H and O–H groups in total. The number of hydrogen-bond donors (Lipinski definition) is 0. The number of nitrogens with zero attached hydrogens (tertiary/aromatic N) is 2. The predicted molar refractivity (Wildman–Crippen MR) is 101 cm³/mol. The summed E-state index contributed by atoms with van der Waals surface area (Å²) in [6.45, 7) is 4.96. The van der Waals surface area contributed by atoms with E-state index in [2.05, 4.69) is 41.3 Å². The highest BCUT2D eigenvalue weighted by molar-refractivity contribution is 6.30. The van der Waals surface area contributed by atoms with Gasteiger partial charge >= 0.3 is 0 Å². The number of amides is 1. The highest BCUT2D eigenvalue weighted by Crippen LogP contribution is 2.30. The standard InChI is InChI=1S/C19H21ClN2O.ClH/c1-15(23)21-11-13-22(14-12-21)19(16-5-3-2-4-6-16)17-7-9-18(20)10-8-17;/h2-10,19H,11-14H2,1H3;1H. The summed E-state index contributed by atoms with van der Waals surface area (Å²) in [6.07, 6.45) is 0. The van der Waals surface area contributed by atoms with Crippen LogP contribution in [0.3, 0.4) is 0 Å². The highest BCUT2D eigenvalue weighted by atomic mass is 35.5. The molecule has 1 unspecified atom stereocenters. The van der Waals surface area contributed by atoms with Gasteiger partial charge in [-0.3, -0.25) is 9.69 Å². The van der Waals surface area contributed by atoms with Crippen LogP contribution in [0.25, 0.3) is 0 Å². The van der Waals surface area contributed by atoms with Crippen molar-refractivity contribution in [1.82, 2.24) is 9.80 Å². The van der Waals surface area contributed by atoms with Crippen molar-refractivity contribution >= 4 is 29.9 Å². The van der Waals surface area contributed by atoms with Gasteiger partial charge < -0.3 is 4.90 Å². The summed E-state index contributed by atoms with van der Waals surface area (Å²) in [5.41, 5.74) is 2.50. The van der Waals surface area contributed by atoms with Crippen LogP contribution in [0.15, 0.2) is 54.6 Å². The van der Waals surface area contributed by atoms with Gasteiger partial charge in [0.1, 0.15) is 0 Å². The van der Waals surface area contributed by atoms with Gasteiger partial charge in [0.2, 0.25) is 5.91 Å². The van der Waals surface area contributed by atoms with Crippen molar-refractivity contribution in [2.45, 2.75) is 13.0 Å². The summed E-state index contributed by atoms with van der Waals surface area (Å²) in [7, 11) is 0. The van der Waals surface area contributed by atoms with Crippen molar-refractivity contribution in [2.75, 3.05) is 26.2 Å². The number of piperazine rings is 1. The molecule has 1 aliphatic heterocycles. The largest absolute Gasteiger partial charge is 0.340 e. The van der Waals surface area contributed by atoms with Crippen LogP contribution in [0.1, 0.15) is 24.1 Å². The maximum atomic E-state index is 11.5. The number of carbonyl (C=O) groups excluding carboxylic acids is 1. The smallest absolute Gasteiger partial charge is 0.219 e. The Hall–Kier alpha value is -1.55. The molecule has 1 aliphatic rings. The summed E-state index contributed by atoms with van der Waals surface area (Å²) >= 11 is 6.04. The van der Waals surface area contributed by atoms with Crippen LogP contribution in [0.2, 0.25) is 5.02 Å². The molecule has 0 spiro atoms. The number of carbonyl (C=O) groups is 1. The summed E-state index contributed by atoms with van der Waals surface area (Å²) in [6, 6.07) is 18.8. The molecule has 2 aromatic rings. The molecule has 0 aromatic heterocycles. The molecule has 1 amide bonds. The van der Waals surface area contributed by atoms with Gasteiger partial charge in [0, 0.05) is 38.1 Å². The molecule has 0 saturated carbocycles. The minimum atomic E-state index is 0. The average Bonchev–Trinajstić information content (AvgIpc) is 2.58. The molecule has 1 saturated heterocycles. The van der Waals surface area contributed by atoms with Crippen molar-refractivity contribution in [3.05, 3.63) is 70.7 Å². The second-order valence-corrected chi connectivity index (χ2v) is 6.34. The first-order chi connectivity index (χ1) is 11.1. The van der Waals surface area contributed by atoms with E-state index in [1.807, 2.05) is 23.1 Å². The van der Waals surface area contributed by atoms with Crippen LogP contribution >= 0.6 is 24.0 Å². The van der Waals surface area contributed by atoms with Gasteiger partial charge in [-0.1, -0.05) is 54.1 Å². The van der Waals surface area contributed by atoms with Crippen LogP contribution in [-0.4, -0.2) is 41.9 Å². The Morgan fingerprint density at radius 2 is 1.46 bits per heavy atom. The lowest BCUT2D eigenvalue weighted by Crippen LogP contribution is -2.49. The lowest BCUT2D eigenvalue weighted by Gasteiger charge is -2.39. The number of benzene rings is 2. The lowest BCUT2D eigenvalue weighted by atomic mass is 9.96. The zero-order valence-electron chi connectivity index (χ0n) is 13.7. The fourth-order valence-electron chi connectivity index (χ4n) is 3.19. The van der Waals surface area contributed by atoms with Crippen LogP contribution in [-0.2, 0) is 4.79 Å². The van der Waals surface area contributed by atoms with Crippen molar-refractivity contribution in [2.24, 2.45) is 0 Å². The highest BCUT2D eigenvalue weighted by Gasteiger charge is 2.27. The van der Waals surface area contributed by atoms with Crippen molar-refractivity contribution in [1.29, 1.82) is 0 Å². The van der Waals surface area contributed by atoms with E-state index < -0.39 is 0 Å². The Morgan fingerprint density at radius 3 is 2.00 bits per heavy atom. The van der Waals surface area contributed by atoms with Gasteiger partial charge in [-0.2, -0.15) is 0 Å². The van der Waals surface area contributed by atoms with Crippen molar-refractivity contribution in [3.8, 4) is 0 Å². The quantitative estimate of drug-likeness (QED) is 0.821. The molecule has 128 valence electrons. The molecule has 1 atom stereocenters. The van der Waals surface area contributed by atoms with Gasteiger partial charge in [-0.05, 0) is 23.3 Å². The van der Waals surface area contributed by atoms with Crippen molar-refractivity contribution < 1.29 is 4.79 Å². The average molecular weight is 365 g/mol. The molecule has 0 bridgehead atoms.